The van der Waals surface area contributed by atoms with Crippen molar-refractivity contribution < 1.29 is 18.0 Å². The van der Waals surface area contributed by atoms with Gasteiger partial charge in [-0.3, -0.25) is 13.9 Å². The Hall–Kier alpha value is -1.42. The summed E-state index contributed by atoms with van der Waals surface area (Å²) in [6, 6.07) is 6.25. The second-order valence-corrected chi connectivity index (χ2v) is 12.3. The summed E-state index contributed by atoms with van der Waals surface area (Å²) in [6.45, 7) is 4.63. The van der Waals surface area contributed by atoms with Gasteiger partial charge in [-0.05, 0) is 50.1 Å². The lowest BCUT2D eigenvalue weighted by molar-refractivity contribution is -0.140. The number of rotatable bonds is 10. The fourth-order valence-corrected chi connectivity index (χ4v) is 5.45. The van der Waals surface area contributed by atoms with Crippen LogP contribution in [0.1, 0.15) is 32.8 Å². The zero-order chi connectivity index (χ0) is 27.4. The van der Waals surface area contributed by atoms with Crippen LogP contribution in [-0.4, -0.2) is 50.0 Å². The molecule has 1 N–H and O–H groups in total. The molecule has 0 aliphatic rings. The minimum atomic E-state index is -4.00. The second kappa shape index (κ2) is 12.9. The third kappa shape index (κ3) is 8.04. The van der Waals surface area contributed by atoms with Crippen LogP contribution in [0.15, 0.2) is 30.3 Å². The van der Waals surface area contributed by atoms with Crippen LogP contribution in [0.4, 0.5) is 5.69 Å². The number of anilines is 1. The number of nitrogens with zero attached hydrogens (tertiary/aromatic N) is 2. The molecule has 7 nitrogen and oxygen atoms in total. The van der Waals surface area contributed by atoms with Crippen LogP contribution in [-0.2, 0) is 26.2 Å². The monoisotopic (exact) mass is 615 g/mol. The second-order valence-electron chi connectivity index (χ2n) is 8.33. The Morgan fingerprint density at radius 1 is 0.944 bits per heavy atom. The van der Waals surface area contributed by atoms with E-state index < -0.39 is 28.5 Å². The van der Waals surface area contributed by atoms with E-state index in [4.69, 9.17) is 58.0 Å². The van der Waals surface area contributed by atoms with Crippen LogP contribution in [0.5, 0.6) is 0 Å². The zero-order valence-corrected chi connectivity index (χ0v) is 24.6. The SMILES string of the molecule is CCC(C(=O)NC(C)C)N(Cc1ccc(Cl)cc1Cl)C(=O)CN(c1cc(Cl)c(Cl)cc1Cl)S(C)(=O)=O. The molecular formula is C23H26Cl5N3O4S. The summed E-state index contributed by atoms with van der Waals surface area (Å²) in [5, 5.41) is 3.68. The lowest BCUT2D eigenvalue weighted by Gasteiger charge is -2.33. The molecule has 2 rings (SSSR count). The molecule has 198 valence electrons. The van der Waals surface area contributed by atoms with E-state index in [0.29, 0.717) is 15.6 Å². The van der Waals surface area contributed by atoms with Gasteiger partial charge in [0.05, 0.1) is 27.0 Å². The number of nitrogens with one attached hydrogen (secondary N) is 1. The zero-order valence-electron chi connectivity index (χ0n) is 20.0. The van der Waals surface area contributed by atoms with Gasteiger partial charge in [0.15, 0.2) is 0 Å². The molecule has 0 saturated heterocycles. The minimum absolute atomic E-state index is 0.0143. The highest BCUT2D eigenvalue weighted by molar-refractivity contribution is 7.92. The first-order valence-electron chi connectivity index (χ1n) is 10.8. The van der Waals surface area contributed by atoms with Crippen molar-refractivity contribution in [2.24, 2.45) is 0 Å². The van der Waals surface area contributed by atoms with Gasteiger partial charge in [-0.1, -0.05) is 71.0 Å². The molecule has 0 saturated carbocycles. The van der Waals surface area contributed by atoms with Gasteiger partial charge in [-0.15, -0.1) is 0 Å². The predicted octanol–water partition coefficient (Wildman–Crippen LogP) is 6.05. The van der Waals surface area contributed by atoms with Gasteiger partial charge in [-0.25, -0.2) is 8.42 Å². The molecule has 0 aromatic heterocycles. The van der Waals surface area contributed by atoms with Crippen LogP contribution < -0.4 is 9.62 Å². The number of sulfonamides is 1. The van der Waals surface area contributed by atoms with Gasteiger partial charge in [0.25, 0.3) is 0 Å². The standard InChI is InChI=1S/C23H26Cl5N3O4S/c1-5-20(23(33)29-13(2)3)30(11-14-6-7-15(24)8-16(14)25)22(32)12-31(36(4,34)35)21-10-18(27)17(26)9-19(21)28/h6-10,13,20H,5,11-12H2,1-4H3,(H,29,33). The Labute approximate surface area is 236 Å². The Bertz CT molecular complexity index is 1240. The van der Waals surface area contributed by atoms with Crippen molar-refractivity contribution in [1.29, 1.82) is 0 Å². The third-order valence-electron chi connectivity index (χ3n) is 5.11. The van der Waals surface area contributed by atoms with E-state index in [0.717, 1.165) is 10.6 Å². The number of carbonyl (C=O) groups is 2. The third-order valence-corrected chi connectivity index (χ3v) is 7.85. The number of halogens is 5. The van der Waals surface area contributed by atoms with Crippen molar-refractivity contribution in [2.75, 3.05) is 17.1 Å². The fraction of sp³-hybridized carbons (Fsp3) is 0.391. The van der Waals surface area contributed by atoms with Crippen LogP contribution in [0, 0.1) is 0 Å². The summed E-state index contributed by atoms with van der Waals surface area (Å²) in [7, 11) is -4.00. The highest BCUT2D eigenvalue weighted by Gasteiger charge is 2.33. The van der Waals surface area contributed by atoms with Crippen molar-refractivity contribution in [2.45, 2.75) is 45.8 Å². The molecule has 36 heavy (non-hydrogen) atoms. The van der Waals surface area contributed by atoms with E-state index in [-0.39, 0.29) is 45.7 Å². The summed E-state index contributed by atoms with van der Waals surface area (Å²) < 4.78 is 26.2. The van der Waals surface area contributed by atoms with Gasteiger partial charge < -0.3 is 10.2 Å². The smallest absolute Gasteiger partial charge is 0.244 e. The van der Waals surface area contributed by atoms with Crippen LogP contribution in [0.3, 0.4) is 0 Å². The number of amides is 2. The summed E-state index contributed by atoms with van der Waals surface area (Å²) in [5.41, 5.74) is 0.509. The topological polar surface area (TPSA) is 86.8 Å². The normalized spacial score (nSPS) is 12.4. The molecule has 0 spiro atoms. The Morgan fingerprint density at radius 2 is 1.56 bits per heavy atom. The maximum absolute atomic E-state index is 13.7. The lowest BCUT2D eigenvalue weighted by atomic mass is 10.1. The van der Waals surface area contributed by atoms with Crippen molar-refractivity contribution in [3.05, 3.63) is 61.0 Å². The van der Waals surface area contributed by atoms with Gasteiger partial charge in [0, 0.05) is 22.6 Å². The molecule has 2 amide bonds. The molecule has 0 fully saturated rings. The molecule has 2 aromatic carbocycles. The number of hydrogen-bond donors (Lipinski definition) is 1. The van der Waals surface area contributed by atoms with E-state index in [2.05, 4.69) is 5.32 Å². The summed E-state index contributed by atoms with van der Waals surface area (Å²) >= 11 is 30.7. The Balaban J connectivity index is 2.55. The highest BCUT2D eigenvalue weighted by atomic mass is 35.5. The van der Waals surface area contributed by atoms with Crippen molar-refractivity contribution >= 4 is 85.5 Å². The maximum Gasteiger partial charge on any atom is 0.244 e. The van der Waals surface area contributed by atoms with Crippen molar-refractivity contribution in [3.8, 4) is 0 Å². The first-order valence-corrected chi connectivity index (χ1v) is 14.6. The predicted molar refractivity (Wildman–Crippen MR) is 148 cm³/mol. The lowest BCUT2D eigenvalue weighted by Crippen LogP contribution is -2.53. The molecule has 13 heteroatoms. The summed E-state index contributed by atoms with van der Waals surface area (Å²) in [4.78, 5) is 28.0. The number of benzene rings is 2. The quantitative estimate of drug-likeness (QED) is 0.329. The number of carbonyl (C=O) groups excluding carboxylic acids is 2. The summed E-state index contributed by atoms with van der Waals surface area (Å²) in [6.07, 6.45) is 1.20. The molecule has 0 aliphatic carbocycles. The molecular weight excluding hydrogens is 592 g/mol. The van der Waals surface area contributed by atoms with Gasteiger partial charge in [0.1, 0.15) is 12.6 Å². The molecule has 1 atom stereocenters. The fourth-order valence-electron chi connectivity index (χ4n) is 3.43. The van der Waals surface area contributed by atoms with E-state index in [1.54, 1.807) is 32.9 Å². The average molecular weight is 618 g/mol. The molecule has 1 unspecified atom stereocenters. The van der Waals surface area contributed by atoms with E-state index in [1.807, 2.05) is 0 Å². The maximum atomic E-state index is 13.7. The highest BCUT2D eigenvalue weighted by Crippen LogP contribution is 2.36. The van der Waals surface area contributed by atoms with Gasteiger partial charge in [-0.2, -0.15) is 0 Å². The molecule has 0 heterocycles. The largest absolute Gasteiger partial charge is 0.352 e. The van der Waals surface area contributed by atoms with E-state index in [9.17, 15) is 18.0 Å². The van der Waals surface area contributed by atoms with Gasteiger partial charge >= 0.3 is 0 Å². The first-order chi connectivity index (χ1) is 16.6. The molecule has 2 aromatic rings. The van der Waals surface area contributed by atoms with Crippen LogP contribution in [0.2, 0.25) is 25.1 Å². The van der Waals surface area contributed by atoms with E-state index >= 15 is 0 Å². The molecule has 0 bridgehead atoms. The van der Waals surface area contributed by atoms with E-state index in [1.165, 1.54) is 23.1 Å². The number of hydrogen-bond acceptors (Lipinski definition) is 4. The molecule has 0 radical (unpaired) electrons. The minimum Gasteiger partial charge on any atom is -0.352 e. The van der Waals surface area contributed by atoms with Gasteiger partial charge in [0.2, 0.25) is 21.8 Å². The van der Waals surface area contributed by atoms with Crippen molar-refractivity contribution in [1.82, 2.24) is 10.2 Å². The average Bonchev–Trinajstić information content (AvgIpc) is 2.74. The Morgan fingerprint density at radius 3 is 2.08 bits per heavy atom. The molecule has 0 aliphatic heterocycles. The summed E-state index contributed by atoms with van der Waals surface area (Å²) in [5.74, 6) is -1.04. The Kier molecular flexibility index (Phi) is 11.0. The first kappa shape index (κ1) is 30.8. The van der Waals surface area contributed by atoms with Crippen molar-refractivity contribution in [3.63, 3.8) is 0 Å². The van der Waals surface area contributed by atoms with Crippen LogP contribution >= 0.6 is 58.0 Å². The van der Waals surface area contributed by atoms with Crippen LogP contribution in [0.25, 0.3) is 0 Å².